The number of benzene rings is 1. The first-order valence-electron chi connectivity index (χ1n) is 5.71. The lowest BCUT2D eigenvalue weighted by molar-refractivity contribution is -0.385. The molecule has 2 rings (SSSR count). The first-order valence-corrected chi connectivity index (χ1v) is 5.71. The van der Waals surface area contributed by atoms with Crippen molar-refractivity contribution in [2.24, 2.45) is 0 Å². The van der Waals surface area contributed by atoms with Crippen LogP contribution >= 0.6 is 0 Å². The molecular weight excluding hydrogens is 250 g/mol. The fraction of sp³-hybridized carbons (Fsp3) is 0.273. The third-order valence-electron chi connectivity index (χ3n) is 2.39. The van der Waals surface area contributed by atoms with Gasteiger partial charge >= 0.3 is 5.69 Å². The molecule has 0 aliphatic heterocycles. The molecular formula is C11H13N5O3. The third kappa shape index (κ3) is 2.79. The third-order valence-corrected chi connectivity index (χ3v) is 2.39. The van der Waals surface area contributed by atoms with Crippen molar-refractivity contribution in [3.05, 3.63) is 28.3 Å². The van der Waals surface area contributed by atoms with E-state index in [1.807, 2.05) is 6.92 Å². The zero-order valence-electron chi connectivity index (χ0n) is 10.3. The minimum atomic E-state index is -0.492. The fourth-order valence-electron chi connectivity index (χ4n) is 1.55. The van der Waals surface area contributed by atoms with E-state index in [9.17, 15) is 10.1 Å². The Morgan fingerprint density at radius 3 is 2.89 bits per heavy atom. The average Bonchev–Trinajstić information content (AvgIpc) is 2.82. The predicted octanol–water partition coefficient (Wildman–Crippen LogP) is 1.75. The molecule has 8 nitrogen and oxygen atoms in total. The van der Waals surface area contributed by atoms with E-state index in [-0.39, 0.29) is 17.4 Å². The van der Waals surface area contributed by atoms with Gasteiger partial charge in [0.2, 0.25) is 5.95 Å². The van der Waals surface area contributed by atoms with Gasteiger partial charge in [-0.25, -0.2) is 0 Å². The number of nitrogens with one attached hydrogen (secondary N) is 1. The number of nitro benzene ring substituents is 1. The molecule has 0 atom stereocenters. The minimum Gasteiger partial charge on any atom is -0.487 e. The number of aromatic amines is 1. The highest BCUT2D eigenvalue weighted by atomic mass is 16.6. The van der Waals surface area contributed by atoms with Crippen molar-refractivity contribution in [3.8, 4) is 17.1 Å². The van der Waals surface area contributed by atoms with Crippen molar-refractivity contribution in [3.63, 3.8) is 0 Å². The number of aromatic nitrogens is 3. The van der Waals surface area contributed by atoms with Gasteiger partial charge in [0, 0.05) is 11.6 Å². The van der Waals surface area contributed by atoms with Gasteiger partial charge in [-0.05, 0) is 18.6 Å². The number of H-pyrrole nitrogens is 1. The fourth-order valence-corrected chi connectivity index (χ4v) is 1.55. The van der Waals surface area contributed by atoms with Crippen molar-refractivity contribution in [2.45, 2.75) is 13.3 Å². The summed E-state index contributed by atoms with van der Waals surface area (Å²) in [5.74, 6) is 0.703. The molecule has 0 amide bonds. The number of nitrogen functional groups attached to an aromatic ring is 1. The van der Waals surface area contributed by atoms with Crippen molar-refractivity contribution in [1.29, 1.82) is 0 Å². The molecule has 0 radical (unpaired) electrons. The summed E-state index contributed by atoms with van der Waals surface area (Å²) in [6, 6.07) is 4.59. The molecule has 0 fully saturated rings. The van der Waals surface area contributed by atoms with Crippen LogP contribution in [0.5, 0.6) is 5.75 Å². The van der Waals surface area contributed by atoms with Crippen molar-refractivity contribution in [1.82, 2.24) is 15.2 Å². The lowest BCUT2D eigenvalue weighted by Crippen LogP contribution is -1.99. The molecule has 0 bridgehead atoms. The lowest BCUT2D eigenvalue weighted by atomic mass is 10.2. The molecule has 1 aromatic heterocycles. The zero-order chi connectivity index (χ0) is 13.8. The van der Waals surface area contributed by atoms with E-state index in [0.717, 1.165) is 6.42 Å². The standard InChI is InChI=1S/C11H13N5O3/c1-2-5-19-9-4-3-7(6-8(9)16(17)18)10-13-11(12)15-14-10/h3-4,6H,2,5H2,1H3,(H3,12,13,14,15). The Hall–Kier alpha value is -2.64. The monoisotopic (exact) mass is 263 g/mol. The number of hydrogen-bond donors (Lipinski definition) is 2. The van der Waals surface area contributed by atoms with Crippen molar-refractivity contribution < 1.29 is 9.66 Å². The Morgan fingerprint density at radius 2 is 2.32 bits per heavy atom. The van der Waals surface area contributed by atoms with Crippen molar-refractivity contribution >= 4 is 11.6 Å². The summed E-state index contributed by atoms with van der Waals surface area (Å²) in [4.78, 5) is 14.5. The number of nitrogens with zero attached hydrogens (tertiary/aromatic N) is 3. The molecule has 1 heterocycles. The van der Waals surface area contributed by atoms with Crippen LogP contribution in [0.4, 0.5) is 11.6 Å². The molecule has 100 valence electrons. The summed E-state index contributed by atoms with van der Waals surface area (Å²) in [6.07, 6.45) is 0.775. The predicted molar refractivity (Wildman–Crippen MR) is 68.7 cm³/mol. The molecule has 0 saturated heterocycles. The number of rotatable bonds is 5. The molecule has 0 saturated carbocycles. The van der Waals surface area contributed by atoms with Gasteiger partial charge in [-0.3, -0.25) is 15.2 Å². The molecule has 8 heteroatoms. The first kappa shape index (κ1) is 12.8. The van der Waals surface area contributed by atoms with E-state index in [1.165, 1.54) is 6.07 Å². The summed E-state index contributed by atoms with van der Waals surface area (Å²) in [5, 5.41) is 17.3. The van der Waals surface area contributed by atoms with Crippen LogP contribution in [0, 0.1) is 10.1 Å². The van der Waals surface area contributed by atoms with Crippen LogP contribution in [0.15, 0.2) is 18.2 Å². The maximum Gasteiger partial charge on any atom is 0.311 e. The van der Waals surface area contributed by atoms with Gasteiger partial charge in [0.15, 0.2) is 11.6 Å². The molecule has 0 spiro atoms. The number of hydrogen-bond acceptors (Lipinski definition) is 6. The molecule has 19 heavy (non-hydrogen) atoms. The summed E-state index contributed by atoms with van der Waals surface area (Å²) in [5.41, 5.74) is 5.81. The number of nitro groups is 1. The van der Waals surface area contributed by atoms with E-state index in [1.54, 1.807) is 12.1 Å². The maximum atomic E-state index is 11.0. The quantitative estimate of drug-likeness (QED) is 0.626. The Kier molecular flexibility index (Phi) is 3.60. The van der Waals surface area contributed by atoms with Crippen LogP contribution in [0.2, 0.25) is 0 Å². The number of anilines is 1. The Labute approximate surface area is 108 Å². The second-order valence-corrected chi connectivity index (χ2v) is 3.83. The Morgan fingerprint density at radius 1 is 1.53 bits per heavy atom. The van der Waals surface area contributed by atoms with Gasteiger partial charge in [-0.1, -0.05) is 6.92 Å². The normalized spacial score (nSPS) is 10.4. The molecule has 2 aromatic rings. The molecule has 1 aromatic carbocycles. The molecule has 0 aliphatic rings. The summed E-state index contributed by atoms with van der Waals surface area (Å²) >= 11 is 0. The van der Waals surface area contributed by atoms with E-state index < -0.39 is 4.92 Å². The second kappa shape index (κ2) is 5.34. The molecule has 0 aliphatic carbocycles. The summed E-state index contributed by atoms with van der Waals surface area (Å²) < 4.78 is 5.33. The number of nitrogens with two attached hydrogens (primary N) is 1. The van der Waals surface area contributed by atoms with Crippen molar-refractivity contribution in [2.75, 3.05) is 12.3 Å². The lowest BCUT2D eigenvalue weighted by Gasteiger charge is -2.06. The van der Waals surface area contributed by atoms with E-state index in [0.29, 0.717) is 18.0 Å². The second-order valence-electron chi connectivity index (χ2n) is 3.83. The number of ether oxygens (including phenoxy) is 1. The van der Waals surface area contributed by atoms with Crippen LogP contribution in [-0.2, 0) is 0 Å². The molecule has 0 unspecified atom stereocenters. The van der Waals surface area contributed by atoms with Gasteiger partial charge in [-0.2, -0.15) is 4.98 Å². The Bertz CT molecular complexity index is 596. The SMILES string of the molecule is CCCOc1ccc(-c2nc(N)n[nH]2)cc1[N+](=O)[O-]. The average molecular weight is 263 g/mol. The Balaban J connectivity index is 2.38. The van der Waals surface area contributed by atoms with Gasteiger partial charge in [0.05, 0.1) is 11.5 Å². The highest BCUT2D eigenvalue weighted by molar-refractivity contribution is 5.64. The van der Waals surface area contributed by atoms with Crippen LogP contribution in [0.25, 0.3) is 11.4 Å². The highest BCUT2D eigenvalue weighted by Gasteiger charge is 2.17. The van der Waals surface area contributed by atoms with Crippen LogP contribution in [0.1, 0.15) is 13.3 Å². The largest absolute Gasteiger partial charge is 0.487 e. The highest BCUT2D eigenvalue weighted by Crippen LogP contribution is 2.31. The van der Waals surface area contributed by atoms with Crippen LogP contribution < -0.4 is 10.5 Å². The minimum absolute atomic E-state index is 0.0870. The van der Waals surface area contributed by atoms with Gasteiger partial charge in [0.25, 0.3) is 0 Å². The smallest absolute Gasteiger partial charge is 0.311 e. The van der Waals surface area contributed by atoms with E-state index >= 15 is 0 Å². The van der Waals surface area contributed by atoms with Gasteiger partial charge < -0.3 is 10.5 Å². The topological polar surface area (TPSA) is 120 Å². The maximum absolute atomic E-state index is 11.0. The van der Waals surface area contributed by atoms with E-state index in [2.05, 4.69) is 15.2 Å². The van der Waals surface area contributed by atoms with Gasteiger partial charge in [0.1, 0.15) is 0 Å². The summed E-state index contributed by atoms with van der Waals surface area (Å²) in [6.45, 7) is 2.35. The summed E-state index contributed by atoms with van der Waals surface area (Å²) in [7, 11) is 0. The van der Waals surface area contributed by atoms with Gasteiger partial charge in [-0.15, -0.1) is 5.10 Å². The first-order chi connectivity index (χ1) is 9.11. The van der Waals surface area contributed by atoms with Crippen LogP contribution in [-0.4, -0.2) is 26.7 Å². The van der Waals surface area contributed by atoms with E-state index in [4.69, 9.17) is 10.5 Å². The molecule has 3 N–H and O–H groups in total. The van der Waals surface area contributed by atoms with Crippen LogP contribution in [0.3, 0.4) is 0 Å². The zero-order valence-corrected chi connectivity index (χ0v) is 10.3.